The van der Waals surface area contributed by atoms with Gasteiger partial charge in [-0.05, 0) is 31.0 Å². The highest BCUT2D eigenvalue weighted by atomic mass is 28.4. The van der Waals surface area contributed by atoms with Gasteiger partial charge in [-0.1, -0.05) is 40.0 Å². The van der Waals surface area contributed by atoms with Crippen LogP contribution < -0.4 is 5.32 Å². The number of hydrogen-bond acceptors (Lipinski definition) is 2. The van der Waals surface area contributed by atoms with E-state index in [1.54, 1.807) is 20.8 Å². The maximum atomic E-state index is 13.7. The lowest BCUT2D eigenvalue weighted by molar-refractivity contribution is -0.374. The van der Waals surface area contributed by atoms with Crippen LogP contribution in [0.2, 0.25) is 18.1 Å². The molecular formula is C15H27F6NOSi. The minimum absolute atomic E-state index is 0.209. The molecule has 9 heteroatoms. The number of halogens is 6. The van der Waals surface area contributed by atoms with Crippen LogP contribution in [0.1, 0.15) is 52.9 Å². The molecule has 144 valence electrons. The number of nitrogens with one attached hydrogen (secondary N) is 1. The SMILES string of the molecule is CC[Si](CC)(CC)OC(NC1CCCCC1)(C(F)(F)F)C(F)(F)F. The summed E-state index contributed by atoms with van der Waals surface area (Å²) in [5.74, 6) is 0. The summed E-state index contributed by atoms with van der Waals surface area (Å²) in [6.07, 6.45) is -8.45. The summed E-state index contributed by atoms with van der Waals surface area (Å²) in [4.78, 5) is 0. The van der Waals surface area contributed by atoms with E-state index in [9.17, 15) is 26.3 Å². The average Bonchev–Trinajstić information content (AvgIpc) is 2.50. The summed E-state index contributed by atoms with van der Waals surface area (Å²) in [6.45, 7) is 4.83. The van der Waals surface area contributed by atoms with Crippen molar-refractivity contribution in [3.8, 4) is 0 Å². The summed E-state index contributed by atoms with van der Waals surface area (Å²) in [5.41, 5.74) is -4.27. The van der Waals surface area contributed by atoms with Crippen LogP contribution in [-0.2, 0) is 4.43 Å². The third-order valence-corrected chi connectivity index (χ3v) is 9.72. The zero-order valence-corrected chi connectivity index (χ0v) is 15.4. The Morgan fingerprint density at radius 3 is 1.58 bits per heavy atom. The first-order valence-electron chi connectivity index (χ1n) is 8.58. The van der Waals surface area contributed by atoms with Gasteiger partial charge in [-0.3, -0.25) is 5.32 Å². The fraction of sp³-hybridized carbons (Fsp3) is 1.00. The van der Waals surface area contributed by atoms with Crippen LogP contribution in [0.5, 0.6) is 0 Å². The highest BCUT2D eigenvalue weighted by Crippen LogP contribution is 2.47. The fourth-order valence-electron chi connectivity index (χ4n) is 3.30. The molecule has 0 amide bonds. The van der Waals surface area contributed by atoms with Crippen molar-refractivity contribution in [2.45, 2.75) is 95.1 Å². The van der Waals surface area contributed by atoms with Gasteiger partial charge in [0.05, 0.1) is 0 Å². The molecule has 1 saturated carbocycles. The normalized spacial score (nSPS) is 18.9. The second-order valence-corrected chi connectivity index (χ2v) is 11.2. The molecule has 1 fully saturated rings. The van der Waals surface area contributed by atoms with Gasteiger partial charge in [0.1, 0.15) is 0 Å². The van der Waals surface area contributed by atoms with Gasteiger partial charge in [-0.15, -0.1) is 0 Å². The van der Waals surface area contributed by atoms with Crippen molar-refractivity contribution in [2.24, 2.45) is 0 Å². The lowest BCUT2D eigenvalue weighted by Crippen LogP contribution is -2.73. The topological polar surface area (TPSA) is 21.3 Å². The molecule has 0 saturated heterocycles. The molecular weight excluding hydrogens is 352 g/mol. The lowest BCUT2D eigenvalue weighted by Gasteiger charge is -2.46. The van der Waals surface area contributed by atoms with Gasteiger partial charge >= 0.3 is 18.1 Å². The van der Waals surface area contributed by atoms with Gasteiger partial charge in [0.25, 0.3) is 0 Å². The maximum absolute atomic E-state index is 13.7. The second kappa shape index (κ2) is 7.95. The zero-order chi connectivity index (χ0) is 18.6. The van der Waals surface area contributed by atoms with Gasteiger partial charge in [-0.2, -0.15) is 26.3 Å². The molecule has 0 aromatic rings. The highest BCUT2D eigenvalue weighted by Gasteiger charge is 2.74. The molecule has 0 bridgehead atoms. The maximum Gasteiger partial charge on any atom is 0.439 e. The Morgan fingerprint density at radius 2 is 1.25 bits per heavy atom. The smallest absolute Gasteiger partial charge is 0.385 e. The zero-order valence-electron chi connectivity index (χ0n) is 14.4. The van der Waals surface area contributed by atoms with Gasteiger partial charge in [-0.25, -0.2) is 0 Å². The first kappa shape index (κ1) is 21.8. The van der Waals surface area contributed by atoms with E-state index in [-0.39, 0.29) is 18.1 Å². The van der Waals surface area contributed by atoms with E-state index < -0.39 is 32.4 Å². The Balaban J connectivity index is 3.31. The second-order valence-electron chi connectivity index (χ2n) is 6.50. The molecule has 2 nitrogen and oxygen atoms in total. The van der Waals surface area contributed by atoms with Crippen molar-refractivity contribution in [1.29, 1.82) is 0 Å². The molecule has 0 aliphatic heterocycles. The van der Waals surface area contributed by atoms with E-state index >= 15 is 0 Å². The summed E-state index contributed by atoms with van der Waals surface area (Å²) >= 11 is 0. The Labute approximate surface area is 140 Å². The Bertz CT molecular complexity index is 366. The number of hydrogen-bond donors (Lipinski definition) is 1. The summed E-state index contributed by atoms with van der Waals surface area (Å²) in [6, 6.07) is -0.208. The lowest BCUT2D eigenvalue weighted by atomic mass is 9.94. The van der Waals surface area contributed by atoms with Gasteiger partial charge < -0.3 is 4.43 Å². The molecule has 24 heavy (non-hydrogen) atoms. The van der Waals surface area contributed by atoms with E-state index in [2.05, 4.69) is 0 Å². The van der Waals surface area contributed by atoms with E-state index in [0.29, 0.717) is 25.7 Å². The summed E-state index contributed by atoms with van der Waals surface area (Å²) in [7, 11) is -3.16. The molecule has 1 N–H and O–H groups in total. The molecule has 0 radical (unpaired) electrons. The van der Waals surface area contributed by atoms with Crippen LogP contribution in [0.25, 0.3) is 0 Å². The Hall–Kier alpha value is -0.283. The first-order chi connectivity index (χ1) is 11.0. The van der Waals surface area contributed by atoms with E-state index in [1.165, 1.54) is 0 Å². The molecule has 0 aromatic heterocycles. The highest BCUT2D eigenvalue weighted by molar-refractivity contribution is 6.73. The third-order valence-electron chi connectivity index (χ3n) is 5.11. The Kier molecular flexibility index (Phi) is 7.21. The molecule has 0 unspecified atom stereocenters. The van der Waals surface area contributed by atoms with Crippen LogP contribution in [0.3, 0.4) is 0 Å². The summed E-state index contributed by atoms with van der Waals surface area (Å²) < 4.78 is 87.2. The first-order valence-corrected chi connectivity index (χ1v) is 11.1. The van der Waals surface area contributed by atoms with Crippen LogP contribution in [0.15, 0.2) is 0 Å². The third kappa shape index (κ3) is 4.46. The molecule has 1 aliphatic rings. The minimum atomic E-state index is -5.57. The van der Waals surface area contributed by atoms with E-state index in [4.69, 9.17) is 4.43 Å². The molecule has 0 aromatic carbocycles. The van der Waals surface area contributed by atoms with E-state index in [0.717, 1.165) is 6.42 Å². The van der Waals surface area contributed by atoms with Crippen molar-refractivity contribution < 1.29 is 30.8 Å². The van der Waals surface area contributed by atoms with Crippen molar-refractivity contribution in [2.75, 3.05) is 0 Å². The minimum Gasteiger partial charge on any atom is -0.385 e. The van der Waals surface area contributed by atoms with Crippen molar-refractivity contribution in [3.63, 3.8) is 0 Å². The molecule has 1 rings (SSSR count). The molecule has 1 aliphatic carbocycles. The molecule has 0 heterocycles. The summed E-state index contributed by atoms with van der Waals surface area (Å²) in [5, 5.41) is 1.87. The van der Waals surface area contributed by atoms with Crippen LogP contribution in [-0.4, -0.2) is 32.4 Å². The van der Waals surface area contributed by atoms with Crippen molar-refractivity contribution >= 4 is 8.32 Å². The predicted octanol–water partition coefficient (Wildman–Crippen LogP) is 5.75. The number of rotatable bonds is 7. The number of alkyl halides is 6. The fourth-order valence-corrected chi connectivity index (χ4v) is 6.17. The standard InChI is InChI=1S/C15H27F6NOSi/c1-4-24(5-2,6-3)23-13(14(16,17)18,15(19,20)21)22-12-10-8-7-9-11-12/h12,22H,4-11H2,1-3H3. The van der Waals surface area contributed by atoms with E-state index in [1.807, 2.05) is 5.32 Å². The monoisotopic (exact) mass is 379 g/mol. The largest absolute Gasteiger partial charge is 0.439 e. The average molecular weight is 379 g/mol. The van der Waals surface area contributed by atoms with Crippen LogP contribution >= 0.6 is 0 Å². The molecule has 0 spiro atoms. The molecule has 0 atom stereocenters. The quantitative estimate of drug-likeness (QED) is 0.345. The van der Waals surface area contributed by atoms with Gasteiger partial charge in [0.2, 0.25) is 0 Å². The van der Waals surface area contributed by atoms with Crippen LogP contribution in [0, 0.1) is 0 Å². The van der Waals surface area contributed by atoms with Crippen molar-refractivity contribution in [3.05, 3.63) is 0 Å². The van der Waals surface area contributed by atoms with Crippen LogP contribution in [0.4, 0.5) is 26.3 Å². The van der Waals surface area contributed by atoms with Gasteiger partial charge in [0, 0.05) is 6.04 Å². The van der Waals surface area contributed by atoms with Gasteiger partial charge in [0.15, 0.2) is 8.32 Å². The predicted molar refractivity (Wildman–Crippen MR) is 83.1 cm³/mol. The van der Waals surface area contributed by atoms with Crippen molar-refractivity contribution in [1.82, 2.24) is 5.32 Å². The Morgan fingerprint density at radius 1 is 0.833 bits per heavy atom.